The number of hydrogen-bond acceptors (Lipinski definition) is 4. The third-order valence-electron chi connectivity index (χ3n) is 4.63. The van der Waals surface area contributed by atoms with Crippen molar-refractivity contribution in [1.82, 2.24) is 10.0 Å². The third kappa shape index (κ3) is 2.74. The van der Waals surface area contributed by atoms with Gasteiger partial charge in [0.1, 0.15) is 12.1 Å². The van der Waals surface area contributed by atoms with Crippen LogP contribution in [0.4, 0.5) is 13.2 Å². The van der Waals surface area contributed by atoms with Crippen molar-refractivity contribution in [3.63, 3.8) is 0 Å². The smallest absolute Gasteiger partial charge is 0.361 e. The van der Waals surface area contributed by atoms with Crippen LogP contribution in [0.25, 0.3) is 0 Å². The molecule has 1 aromatic carbocycles. The first-order valence-electron chi connectivity index (χ1n) is 8.10. The molecule has 1 fully saturated rings. The average molecular weight is 378 g/mol. The minimum Gasteiger partial charge on any atom is -0.361 e. The number of halogens is 3. The number of carbonyl (C=O) groups is 3. The number of hydrazine groups is 1. The van der Waals surface area contributed by atoms with Gasteiger partial charge < -0.3 is 4.74 Å². The summed E-state index contributed by atoms with van der Waals surface area (Å²) in [7, 11) is 0. The lowest BCUT2D eigenvalue weighted by molar-refractivity contribution is -0.177. The Labute approximate surface area is 151 Å². The van der Waals surface area contributed by atoms with Gasteiger partial charge in [-0.2, -0.15) is 18.2 Å². The Morgan fingerprint density at radius 3 is 2.07 bits per heavy atom. The molecule has 0 bridgehead atoms. The molecule has 27 heavy (non-hydrogen) atoms. The molecule has 0 radical (unpaired) electrons. The molecule has 0 atom stereocenters. The van der Waals surface area contributed by atoms with Gasteiger partial charge in [-0.15, -0.1) is 0 Å². The Kier molecular flexibility index (Phi) is 3.74. The van der Waals surface area contributed by atoms with E-state index in [1.165, 1.54) is 36.4 Å². The van der Waals surface area contributed by atoms with E-state index in [0.29, 0.717) is 0 Å². The molecule has 4 rings (SSSR count). The number of nitrogens with zero attached hydrogens (tertiary/aromatic N) is 2. The van der Waals surface area contributed by atoms with E-state index in [0.717, 1.165) is 10.0 Å². The summed E-state index contributed by atoms with van der Waals surface area (Å²) in [5, 5.41) is 1.84. The lowest BCUT2D eigenvalue weighted by Gasteiger charge is -2.52. The van der Waals surface area contributed by atoms with Crippen LogP contribution in [-0.2, 0) is 9.53 Å². The van der Waals surface area contributed by atoms with Crippen LogP contribution in [0.3, 0.4) is 0 Å². The maximum atomic E-state index is 12.6. The zero-order valence-corrected chi connectivity index (χ0v) is 13.8. The summed E-state index contributed by atoms with van der Waals surface area (Å²) >= 11 is 0. The van der Waals surface area contributed by atoms with Crippen molar-refractivity contribution in [3.8, 4) is 0 Å². The summed E-state index contributed by atoms with van der Waals surface area (Å²) in [5.74, 6) is -1.66. The van der Waals surface area contributed by atoms with E-state index >= 15 is 0 Å². The van der Waals surface area contributed by atoms with E-state index < -0.39 is 42.1 Å². The number of benzene rings is 1. The number of fused-ring (bicyclic) bond motifs is 1. The van der Waals surface area contributed by atoms with Gasteiger partial charge in [0.2, 0.25) is 5.91 Å². The van der Waals surface area contributed by atoms with Gasteiger partial charge in [0, 0.05) is 0 Å². The van der Waals surface area contributed by atoms with E-state index in [2.05, 4.69) is 0 Å². The molecule has 1 aromatic rings. The lowest BCUT2D eigenvalue weighted by Crippen LogP contribution is -2.69. The van der Waals surface area contributed by atoms with Crippen LogP contribution >= 0.6 is 0 Å². The number of alkyl halides is 3. The first-order chi connectivity index (χ1) is 12.7. The third-order valence-corrected chi connectivity index (χ3v) is 4.63. The van der Waals surface area contributed by atoms with Crippen molar-refractivity contribution < 1.29 is 32.3 Å². The highest BCUT2D eigenvalue weighted by Crippen LogP contribution is 2.41. The van der Waals surface area contributed by atoms with Crippen molar-refractivity contribution in [2.45, 2.75) is 24.2 Å². The zero-order chi connectivity index (χ0) is 19.4. The van der Waals surface area contributed by atoms with Crippen LogP contribution in [0.2, 0.25) is 0 Å². The molecule has 9 heteroatoms. The summed E-state index contributed by atoms with van der Waals surface area (Å²) in [4.78, 5) is 37.4. The molecular formula is C18H13F3N2O4. The highest BCUT2D eigenvalue weighted by molar-refractivity contribution is 6.22. The number of ether oxygens (including phenoxy) is 1. The number of rotatable bonds is 3. The SMILES string of the molecule is O=C1c2ccccc2C(=O)N1N1C(=O)CC12C=CC(OCC(F)(F)F)C=C2. The van der Waals surface area contributed by atoms with Gasteiger partial charge in [0.25, 0.3) is 11.8 Å². The summed E-state index contributed by atoms with van der Waals surface area (Å²) in [6.45, 7) is -1.40. The van der Waals surface area contributed by atoms with Gasteiger partial charge in [0.05, 0.1) is 23.7 Å². The average Bonchev–Trinajstić information content (AvgIpc) is 2.86. The molecule has 0 N–H and O–H groups in total. The Balaban J connectivity index is 1.56. The van der Waals surface area contributed by atoms with Gasteiger partial charge in [-0.05, 0) is 12.1 Å². The Morgan fingerprint density at radius 1 is 1.04 bits per heavy atom. The number of carbonyl (C=O) groups excluding carboxylic acids is 3. The van der Waals surface area contributed by atoms with E-state index in [-0.39, 0.29) is 17.5 Å². The fourth-order valence-electron chi connectivity index (χ4n) is 3.39. The highest BCUT2D eigenvalue weighted by Gasteiger charge is 2.56. The normalized spacial score (nSPS) is 26.8. The molecule has 6 nitrogen and oxygen atoms in total. The molecule has 3 aliphatic rings. The highest BCUT2D eigenvalue weighted by atomic mass is 19.4. The molecule has 0 unspecified atom stereocenters. The zero-order valence-electron chi connectivity index (χ0n) is 13.8. The summed E-state index contributed by atoms with van der Waals surface area (Å²) in [5.41, 5.74) is -0.664. The molecule has 3 amide bonds. The molecule has 0 saturated carbocycles. The van der Waals surface area contributed by atoms with Crippen LogP contribution < -0.4 is 0 Å². The van der Waals surface area contributed by atoms with E-state index in [1.54, 1.807) is 12.1 Å². The van der Waals surface area contributed by atoms with E-state index in [4.69, 9.17) is 4.74 Å². The Morgan fingerprint density at radius 2 is 1.59 bits per heavy atom. The Bertz CT molecular complexity index is 857. The second-order valence-corrected chi connectivity index (χ2v) is 6.45. The summed E-state index contributed by atoms with van der Waals surface area (Å²) in [6, 6.07) is 6.23. The van der Waals surface area contributed by atoms with Crippen molar-refractivity contribution in [3.05, 3.63) is 59.7 Å². The largest absolute Gasteiger partial charge is 0.411 e. The first kappa shape index (κ1) is 17.5. The second kappa shape index (κ2) is 5.78. The van der Waals surface area contributed by atoms with Gasteiger partial charge in [0.15, 0.2) is 0 Å². The Hall–Kier alpha value is -2.94. The van der Waals surface area contributed by atoms with Gasteiger partial charge in [-0.3, -0.25) is 14.4 Å². The maximum absolute atomic E-state index is 12.6. The lowest BCUT2D eigenvalue weighted by atomic mass is 9.81. The molecule has 2 aliphatic heterocycles. The predicted octanol–water partition coefficient (Wildman–Crippen LogP) is 2.24. The monoisotopic (exact) mass is 378 g/mol. The van der Waals surface area contributed by atoms with Crippen LogP contribution in [0, 0.1) is 0 Å². The van der Waals surface area contributed by atoms with Gasteiger partial charge in [-0.25, -0.2) is 5.01 Å². The number of hydrogen-bond donors (Lipinski definition) is 0. The number of amides is 3. The van der Waals surface area contributed by atoms with Crippen molar-refractivity contribution in [2.75, 3.05) is 6.61 Å². The summed E-state index contributed by atoms with van der Waals surface area (Å²) in [6.07, 6.45) is 0.372. The van der Waals surface area contributed by atoms with E-state index in [1.807, 2.05) is 0 Å². The summed E-state index contributed by atoms with van der Waals surface area (Å²) < 4.78 is 41.5. The first-order valence-corrected chi connectivity index (χ1v) is 8.10. The number of β-lactam (4-membered cyclic amide) rings is 1. The molecule has 1 saturated heterocycles. The van der Waals surface area contributed by atoms with Crippen LogP contribution in [0.1, 0.15) is 27.1 Å². The number of imide groups is 1. The van der Waals surface area contributed by atoms with Crippen molar-refractivity contribution in [1.29, 1.82) is 0 Å². The van der Waals surface area contributed by atoms with Gasteiger partial charge >= 0.3 is 6.18 Å². The van der Waals surface area contributed by atoms with Crippen LogP contribution in [0.15, 0.2) is 48.6 Å². The quantitative estimate of drug-likeness (QED) is 0.460. The van der Waals surface area contributed by atoms with Crippen LogP contribution in [0.5, 0.6) is 0 Å². The predicted molar refractivity (Wildman–Crippen MR) is 85.2 cm³/mol. The molecule has 0 aromatic heterocycles. The minimum atomic E-state index is -4.45. The standard InChI is InChI=1S/C18H13F3N2O4/c19-18(20,21)10-27-11-5-7-17(8-6-11)9-14(24)23(17)22-15(25)12-3-1-2-4-13(12)16(22)26/h1-8,11H,9-10H2. The fraction of sp³-hybridized carbons (Fsp3) is 0.278. The maximum Gasteiger partial charge on any atom is 0.411 e. The van der Waals surface area contributed by atoms with E-state index in [9.17, 15) is 27.6 Å². The molecule has 1 aliphatic carbocycles. The van der Waals surface area contributed by atoms with Crippen molar-refractivity contribution in [2.24, 2.45) is 0 Å². The van der Waals surface area contributed by atoms with Crippen molar-refractivity contribution >= 4 is 17.7 Å². The minimum absolute atomic E-state index is 0.000599. The fourth-order valence-corrected chi connectivity index (χ4v) is 3.39. The molecule has 140 valence electrons. The topological polar surface area (TPSA) is 66.9 Å². The van der Waals surface area contributed by atoms with Gasteiger partial charge in [-0.1, -0.05) is 36.4 Å². The molecular weight excluding hydrogens is 365 g/mol. The molecule has 2 heterocycles. The van der Waals surface area contributed by atoms with Crippen LogP contribution in [-0.4, -0.2) is 52.2 Å². The molecule has 1 spiro atoms. The second-order valence-electron chi connectivity index (χ2n) is 6.45.